The summed E-state index contributed by atoms with van der Waals surface area (Å²) >= 11 is 0. The third-order valence-electron chi connectivity index (χ3n) is 6.09. The number of benzene rings is 2. The maximum Gasteiger partial charge on any atom is 0.158 e. The van der Waals surface area contributed by atoms with Gasteiger partial charge in [0.15, 0.2) is 9.84 Å². The minimum absolute atomic E-state index is 0.0984. The van der Waals surface area contributed by atoms with Gasteiger partial charge in [0.25, 0.3) is 0 Å². The van der Waals surface area contributed by atoms with E-state index in [2.05, 4.69) is 34.1 Å². The first-order chi connectivity index (χ1) is 14.1. The highest BCUT2D eigenvalue weighted by atomic mass is 32.2. The summed E-state index contributed by atoms with van der Waals surface area (Å²) in [7, 11) is -3.19. The van der Waals surface area contributed by atoms with Crippen LogP contribution in [0.25, 0.3) is 0 Å². The van der Waals surface area contributed by atoms with E-state index >= 15 is 0 Å². The zero-order chi connectivity index (χ0) is 20.1. The van der Waals surface area contributed by atoms with Gasteiger partial charge in [0.05, 0.1) is 11.5 Å². The Labute approximate surface area is 175 Å². The molecule has 4 nitrogen and oxygen atoms in total. The van der Waals surface area contributed by atoms with Crippen LogP contribution in [0, 0.1) is 0 Å². The summed E-state index contributed by atoms with van der Waals surface area (Å²) in [5, 5.41) is 0. The predicted molar refractivity (Wildman–Crippen MR) is 121 cm³/mol. The fourth-order valence-corrected chi connectivity index (χ4v) is 5.97. The van der Waals surface area contributed by atoms with E-state index in [1.165, 1.54) is 49.9 Å². The number of anilines is 2. The van der Waals surface area contributed by atoms with Crippen molar-refractivity contribution in [3.05, 3.63) is 59.7 Å². The molecule has 2 aromatic carbocycles. The van der Waals surface area contributed by atoms with Crippen molar-refractivity contribution in [2.24, 2.45) is 0 Å². The molecule has 5 heteroatoms. The van der Waals surface area contributed by atoms with Gasteiger partial charge in [0.1, 0.15) is 0 Å². The monoisotopic (exact) mass is 412 g/mol. The van der Waals surface area contributed by atoms with E-state index in [4.69, 9.17) is 0 Å². The number of sulfone groups is 1. The van der Waals surface area contributed by atoms with E-state index in [1.54, 1.807) is 0 Å². The minimum Gasteiger partial charge on any atom is -0.372 e. The first-order valence-electron chi connectivity index (χ1n) is 11.0. The maximum absolute atomic E-state index is 12.7. The molecule has 0 aromatic heterocycles. The summed E-state index contributed by atoms with van der Waals surface area (Å²) < 4.78 is 25.4. The van der Waals surface area contributed by atoms with Gasteiger partial charge >= 0.3 is 0 Å². The number of rotatable bonds is 6. The number of hydrogen-bond donors (Lipinski definition) is 0. The standard InChI is InChI=1S/C24H32N2O2S/c27-29(28,19-21-7-11-23(12-8-21)25-15-3-1-4-16-25)20-22-9-13-24(14-10-22)26-17-5-2-6-18-26/h7-14H,1-6,15-20H2. The Morgan fingerprint density at radius 1 is 0.552 bits per heavy atom. The molecule has 2 saturated heterocycles. The first-order valence-corrected chi connectivity index (χ1v) is 12.8. The Bertz CT molecular complexity index is 810. The molecule has 29 heavy (non-hydrogen) atoms. The molecular formula is C24H32N2O2S. The fraction of sp³-hybridized carbons (Fsp3) is 0.500. The second-order valence-electron chi connectivity index (χ2n) is 8.46. The number of nitrogens with zero attached hydrogens (tertiary/aromatic N) is 2. The van der Waals surface area contributed by atoms with Gasteiger partial charge < -0.3 is 9.80 Å². The van der Waals surface area contributed by atoms with Gasteiger partial charge in [0, 0.05) is 37.6 Å². The largest absolute Gasteiger partial charge is 0.372 e. The Balaban J connectivity index is 1.36. The summed E-state index contributed by atoms with van der Waals surface area (Å²) in [6.07, 6.45) is 7.59. The molecule has 4 rings (SSSR count). The molecule has 0 spiro atoms. The lowest BCUT2D eigenvalue weighted by atomic mass is 10.1. The molecule has 2 aromatic rings. The van der Waals surface area contributed by atoms with Gasteiger partial charge in [-0.25, -0.2) is 8.42 Å². The van der Waals surface area contributed by atoms with Gasteiger partial charge in [-0.15, -0.1) is 0 Å². The molecule has 2 aliphatic rings. The van der Waals surface area contributed by atoms with Crippen LogP contribution in [0.5, 0.6) is 0 Å². The molecule has 2 aliphatic heterocycles. The van der Waals surface area contributed by atoms with Gasteiger partial charge in [-0.3, -0.25) is 0 Å². The second-order valence-corrected chi connectivity index (χ2v) is 10.5. The molecule has 0 amide bonds. The topological polar surface area (TPSA) is 40.6 Å². The zero-order valence-electron chi connectivity index (χ0n) is 17.2. The highest BCUT2D eigenvalue weighted by molar-refractivity contribution is 7.89. The lowest BCUT2D eigenvalue weighted by Gasteiger charge is -2.29. The summed E-state index contributed by atoms with van der Waals surface area (Å²) in [5.74, 6) is 0.197. The molecule has 0 bridgehead atoms. The van der Waals surface area contributed by atoms with E-state index < -0.39 is 9.84 Å². The van der Waals surface area contributed by atoms with Crippen LogP contribution in [0.1, 0.15) is 49.7 Å². The van der Waals surface area contributed by atoms with Crippen molar-refractivity contribution >= 4 is 21.2 Å². The molecule has 2 fully saturated rings. The Kier molecular flexibility index (Phi) is 6.43. The predicted octanol–water partition coefficient (Wildman–Crippen LogP) is 4.78. The smallest absolute Gasteiger partial charge is 0.158 e. The molecule has 0 radical (unpaired) electrons. The van der Waals surface area contributed by atoms with Gasteiger partial charge in [-0.05, 0) is 73.9 Å². The van der Waals surface area contributed by atoms with Crippen molar-refractivity contribution in [3.8, 4) is 0 Å². The van der Waals surface area contributed by atoms with E-state index in [1.807, 2.05) is 24.3 Å². The summed E-state index contributed by atoms with van der Waals surface area (Å²) in [5.41, 5.74) is 4.16. The van der Waals surface area contributed by atoms with Gasteiger partial charge in [0.2, 0.25) is 0 Å². The second kappa shape index (κ2) is 9.21. The van der Waals surface area contributed by atoms with Crippen LogP contribution in [-0.4, -0.2) is 34.6 Å². The average molecular weight is 413 g/mol. The van der Waals surface area contributed by atoms with Crippen molar-refractivity contribution in [1.82, 2.24) is 0 Å². The van der Waals surface area contributed by atoms with Crippen LogP contribution < -0.4 is 9.80 Å². The average Bonchev–Trinajstić information content (AvgIpc) is 2.75. The van der Waals surface area contributed by atoms with Gasteiger partial charge in [-0.1, -0.05) is 24.3 Å². The normalized spacial score (nSPS) is 18.1. The maximum atomic E-state index is 12.7. The highest BCUT2D eigenvalue weighted by Crippen LogP contribution is 2.23. The van der Waals surface area contributed by atoms with Crippen molar-refractivity contribution < 1.29 is 8.42 Å². The lowest BCUT2D eigenvalue weighted by molar-refractivity contribution is 0.578. The Hall–Kier alpha value is -2.01. The zero-order valence-corrected chi connectivity index (χ0v) is 18.0. The molecule has 0 aliphatic carbocycles. The lowest BCUT2D eigenvalue weighted by Crippen LogP contribution is -2.29. The van der Waals surface area contributed by atoms with E-state index in [0.29, 0.717) is 0 Å². The molecule has 0 saturated carbocycles. The van der Waals surface area contributed by atoms with Crippen LogP contribution in [-0.2, 0) is 21.3 Å². The van der Waals surface area contributed by atoms with Crippen LogP contribution >= 0.6 is 0 Å². The quantitative estimate of drug-likeness (QED) is 0.684. The van der Waals surface area contributed by atoms with Gasteiger partial charge in [-0.2, -0.15) is 0 Å². The van der Waals surface area contributed by atoms with E-state index in [-0.39, 0.29) is 11.5 Å². The Morgan fingerprint density at radius 2 is 0.897 bits per heavy atom. The molecule has 156 valence electrons. The molecule has 0 N–H and O–H groups in total. The van der Waals surface area contributed by atoms with Crippen LogP contribution in [0.4, 0.5) is 11.4 Å². The highest BCUT2D eigenvalue weighted by Gasteiger charge is 2.16. The molecular weight excluding hydrogens is 380 g/mol. The van der Waals surface area contributed by atoms with Crippen molar-refractivity contribution in [1.29, 1.82) is 0 Å². The minimum atomic E-state index is -3.19. The van der Waals surface area contributed by atoms with Crippen LogP contribution in [0.2, 0.25) is 0 Å². The van der Waals surface area contributed by atoms with Crippen molar-refractivity contribution in [3.63, 3.8) is 0 Å². The fourth-order valence-electron chi connectivity index (χ4n) is 4.47. The molecule has 0 unspecified atom stereocenters. The Morgan fingerprint density at radius 3 is 1.24 bits per heavy atom. The van der Waals surface area contributed by atoms with Crippen LogP contribution in [0.15, 0.2) is 48.5 Å². The number of hydrogen-bond acceptors (Lipinski definition) is 4. The SMILES string of the molecule is O=S(=O)(Cc1ccc(N2CCCCC2)cc1)Cc1ccc(N2CCCCC2)cc1. The molecule has 0 atom stereocenters. The third-order valence-corrected chi connectivity index (χ3v) is 7.63. The summed E-state index contributed by atoms with van der Waals surface area (Å²) in [4.78, 5) is 4.79. The van der Waals surface area contributed by atoms with Crippen LogP contribution in [0.3, 0.4) is 0 Å². The summed E-state index contributed by atoms with van der Waals surface area (Å²) in [6, 6.07) is 16.2. The van der Waals surface area contributed by atoms with E-state index in [0.717, 1.165) is 37.3 Å². The molecule has 2 heterocycles. The van der Waals surface area contributed by atoms with Crippen molar-refractivity contribution in [2.75, 3.05) is 36.0 Å². The first kappa shape index (κ1) is 20.3. The van der Waals surface area contributed by atoms with E-state index in [9.17, 15) is 8.42 Å². The van der Waals surface area contributed by atoms with Crippen molar-refractivity contribution in [2.45, 2.75) is 50.0 Å². The third kappa shape index (κ3) is 5.53. The summed E-state index contributed by atoms with van der Waals surface area (Å²) in [6.45, 7) is 4.41. The number of piperidine rings is 2.